The van der Waals surface area contributed by atoms with Crippen LogP contribution >= 0.6 is 22.6 Å². The molecule has 1 aromatic carbocycles. The highest BCUT2D eigenvalue weighted by Gasteiger charge is 2.14. The lowest BCUT2D eigenvalue weighted by Gasteiger charge is -2.08. The number of hydrogen-bond acceptors (Lipinski definition) is 4. The van der Waals surface area contributed by atoms with Crippen LogP contribution in [-0.4, -0.2) is 20.2 Å². The van der Waals surface area contributed by atoms with Crippen molar-refractivity contribution in [1.82, 2.24) is 0 Å². The largest absolute Gasteiger partial charge is 0.497 e. The Morgan fingerprint density at radius 3 is 2.57 bits per heavy atom. The van der Waals surface area contributed by atoms with Crippen LogP contribution in [0.1, 0.15) is 10.4 Å². The molecular formula is C9H10INO3. The maximum atomic E-state index is 11.3. The van der Waals surface area contributed by atoms with Crippen LogP contribution < -0.4 is 10.5 Å². The van der Waals surface area contributed by atoms with E-state index in [0.717, 1.165) is 3.57 Å². The first kappa shape index (κ1) is 11.1. The van der Waals surface area contributed by atoms with Crippen molar-refractivity contribution in [3.05, 3.63) is 21.3 Å². The number of nitrogens with two attached hydrogens (primary N) is 1. The van der Waals surface area contributed by atoms with E-state index in [1.165, 1.54) is 14.2 Å². The SMILES string of the molecule is COC(=O)c1cc(OC)cc(I)c1N. The van der Waals surface area contributed by atoms with E-state index >= 15 is 0 Å². The van der Waals surface area contributed by atoms with E-state index in [-0.39, 0.29) is 0 Å². The number of benzene rings is 1. The van der Waals surface area contributed by atoms with Crippen molar-refractivity contribution >= 4 is 34.2 Å². The topological polar surface area (TPSA) is 61.5 Å². The van der Waals surface area contributed by atoms with Crippen molar-refractivity contribution in [1.29, 1.82) is 0 Å². The predicted octanol–water partition coefficient (Wildman–Crippen LogP) is 1.67. The number of anilines is 1. The second-order valence-corrected chi connectivity index (χ2v) is 3.72. The minimum absolute atomic E-state index is 0.330. The van der Waals surface area contributed by atoms with Gasteiger partial charge in [-0.2, -0.15) is 0 Å². The number of carbonyl (C=O) groups is 1. The summed E-state index contributed by atoms with van der Waals surface area (Å²) in [6, 6.07) is 3.31. The molecule has 0 saturated heterocycles. The molecule has 0 fully saturated rings. The van der Waals surface area contributed by atoms with E-state index in [1.807, 2.05) is 22.6 Å². The molecule has 0 aliphatic rings. The molecule has 4 nitrogen and oxygen atoms in total. The number of nitrogen functional groups attached to an aromatic ring is 1. The Kier molecular flexibility index (Phi) is 3.56. The van der Waals surface area contributed by atoms with Gasteiger partial charge in [0, 0.05) is 3.57 Å². The number of methoxy groups -OCH3 is 2. The van der Waals surface area contributed by atoms with E-state index < -0.39 is 5.97 Å². The Bertz CT molecular complexity index is 365. The average Bonchev–Trinajstić information content (AvgIpc) is 2.20. The lowest BCUT2D eigenvalue weighted by molar-refractivity contribution is 0.0601. The molecule has 1 aromatic rings. The van der Waals surface area contributed by atoms with Crippen molar-refractivity contribution in [3.8, 4) is 5.75 Å². The third-order valence-corrected chi connectivity index (χ3v) is 2.64. The molecule has 0 aliphatic carbocycles. The molecule has 5 heteroatoms. The van der Waals surface area contributed by atoms with Gasteiger partial charge in [0.2, 0.25) is 0 Å². The summed E-state index contributed by atoms with van der Waals surface area (Å²) in [5.41, 5.74) is 6.46. The fraction of sp³-hybridized carbons (Fsp3) is 0.222. The zero-order valence-corrected chi connectivity index (χ0v) is 9.99. The quantitative estimate of drug-likeness (QED) is 0.513. The summed E-state index contributed by atoms with van der Waals surface area (Å²) >= 11 is 2.04. The molecule has 0 heterocycles. The monoisotopic (exact) mass is 307 g/mol. The zero-order chi connectivity index (χ0) is 10.7. The van der Waals surface area contributed by atoms with E-state index in [9.17, 15) is 4.79 Å². The highest BCUT2D eigenvalue weighted by atomic mass is 127. The molecule has 14 heavy (non-hydrogen) atoms. The number of esters is 1. The zero-order valence-electron chi connectivity index (χ0n) is 7.83. The van der Waals surface area contributed by atoms with Crippen LogP contribution in [0.3, 0.4) is 0 Å². The van der Waals surface area contributed by atoms with Crippen LogP contribution in [0.25, 0.3) is 0 Å². The summed E-state index contributed by atoms with van der Waals surface area (Å²) in [6.07, 6.45) is 0. The van der Waals surface area contributed by atoms with Gasteiger partial charge >= 0.3 is 5.97 Å². The molecule has 1 rings (SSSR count). The number of halogens is 1. The normalized spacial score (nSPS) is 9.64. The number of rotatable bonds is 2. The summed E-state index contributed by atoms with van der Waals surface area (Å²) in [5, 5.41) is 0. The molecule has 0 saturated carbocycles. The third-order valence-electron chi connectivity index (χ3n) is 1.74. The molecule has 0 amide bonds. The summed E-state index contributed by atoms with van der Waals surface area (Å²) < 4.78 is 10.4. The van der Waals surface area contributed by atoms with E-state index in [0.29, 0.717) is 17.0 Å². The van der Waals surface area contributed by atoms with Crippen molar-refractivity contribution < 1.29 is 14.3 Å². The first-order valence-electron chi connectivity index (χ1n) is 3.81. The molecule has 0 aliphatic heterocycles. The van der Waals surface area contributed by atoms with Gasteiger partial charge in [-0.1, -0.05) is 0 Å². The third kappa shape index (κ3) is 2.09. The van der Waals surface area contributed by atoms with Gasteiger partial charge in [0.15, 0.2) is 0 Å². The highest BCUT2D eigenvalue weighted by Crippen LogP contribution is 2.26. The molecular weight excluding hydrogens is 297 g/mol. The van der Waals surface area contributed by atoms with Gasteiger partial charge in [-0.05, 0) is 34.7 Å². The van der Waals surface area contributed by atoms with Crippen LogP contribution in [0, 0.1) is 3.57 Å². The average molecular weight is 307 g/mol. The molecule has 0 bridgehead atoms. The molecule has 0 radical (unpaired) electrons. The summed E-state index contributed by atoms with van der Waals surface area (Å²) in [4.78, 5) is 11.3. The van der Waals surface area contributed by atoms with Gasteiger partial charge in [0.05, 0.1) is 25.5 Å². The fourth-order valence-corrected chi connectivity index (χ4v) is 1.59. The smallest absolute Gasteiger partial charge is 0.340 e. The van der Waals surface area contributed by atoms with Gasteiger partial charge in [0.25, 0.3) is 0 Å². The van der Waals surface area contributed by atoms with Gasteiger partial charge < -0.3 is 15.2 Å². The maximum absolute atomic E-state index is 11.3. The Balaban J connectivity index is 3.27. The molecule has 2 N–H and O–H groups in total. The second-order valence-electron chi connectivity index (χ2n) is 2.56. The molecule has 0 aromatic heterocycles. The Labute approximate surface area is 95.5 Å². The molecule has 0 unspecified atom stereocenters. The van der Waals surface area contributed by atoms with Crippen molar-refractivity contribution in [2.75, 3.05) is 20.0 Å². The maximum Gasteiger partial charge on any atom is 0.340 e. The highest BCUT2D eigenvalue weighted by molar-refractivity contribution is 14.1. The molecule has 0 spiro atoms. The van der Waals surface area contributed by atoms with Crippen LogP contribution in [0.2, 0.25) is 0 Å². The van der Waals surface area contributed by atoms with Crippen LogP contribution in [0.4, 0.5) is 5.69 Å². The van der Waals surface area contributed by atoms with Gasteiger partial charge in [0.1, 0.15) is 5.75 Å². The van der Waals surface area contributed by atoms with E-state index in [4.69, 9.17) is 10.5 Å². The molecule has 0 atom stereocenters. The van der Waals surface area contributed by atoms with Gasteiger partial charge in [-0.3, -0.25) is 0 Å². The summed E-state index contributed by atoms with van der Waals surface area (Å²) in [5.74, 6) is 0.128. The lowest BCUT2D eigenvalue weighted by Crippen LogP contribution is -2.07. The summed E-state index contributed by atoms with van der Waals surface area (Å²) in [6.45, 7) is 0. The lowest BCUT2D eigenvalue weighted by atomic mass is 10.2. The van der Waals surface area contributed by atoms with Crippen LogP contribution in [-0.2, 0) is 4.74 Å². The van der Waals surface area contributed by atoms with Crippen molar-refractivity contribution in [3.63, 3.8) is 0 Å². The minimum Gasteiger partial charge on any atom is -0.497 e. The first-order valence-corrected chi connectivity index (χ1v) is 4.89. The molecule has 76 valence electrons. The Morgan fingerprint density at radius 1 is 1.43 bits per heavy atom. The predicted molar refractivity (Wildman–Crippen MR) is 61.5 cm³/mol. The Morgan fingerprint density at radius 2 is 2.07 bits per heavy atom. The standard InChI is InChI=1S/C9H10INO3/c1-13-5-3-6(9(12)14-2)8(11)7(10)4-5/h3-4H,11H2,1-2H3. The van der Waals surface area contributed by atoms with Crippen molar-refractivity contribution in [2.24, 2.45) is 0 Å². The van der Waals surface area contributed by atoms with Gasteiger partial charge in [-0.25, -0.2) is 4.79 Å². The van der Waals surface area contributed by atoms with Gasteiger partial charge in [-0.15, -0.1) is 0 Å². The minimum atomic E-state index is -0.459. The fourth-order valence-electron chi connectivity index (χ4n) is 0.990. The number of ether oxygens (including phenoxy) is 2. The van der Waals surface area contributed by atoms with Crippen LogP contribution in [0.5, 0.6) is 5.75 Å². The van der Waals surface area contributed by atoms with Crippen molar-refractivity contribution in [2.45, 2.75) is 0 Å². The van der Waals surface area contributed by atoms with Crippen LogP contribution in [0.15, 0.2) is 12.1 Å². The first-order chi connectivity index (χ1) is 6.60. The van der Waals surface area contributed by atoms with E-state index in [2.05, 4.69) is 4.74 Å². The summed E-state index contributed by atoms with van der Waals surface area (Å²) in [7, 11) is 2.84. The second kappa shape index (κ2) is 4.50. The number of hydrogen-bond donors (Lipinski definition) is 1. The van der Waals surface area contributed by atoms with E-state index in [1.54, 1.807) is 12.1 Å². The number of carbonyl (C=O) groups excluding carboxylic acids is 1. The Hall–Kier alpha value is -0.980.